The maximum Gasteiger partial charge on any atom is 0.220 e. The Morgan fingerprint density at radius 3 is 2.80 bits per heavy atom. The monoisotopic (exact) mass is 337 g/mol. The summed E-state index contributed by atoms with van der Waals surface area (Å²) in [7, 11) is 0. The van der Waals surface area contributed by atoms with Crippen LogP contribution in [0.3, 0.4) is 0 Å². The Labute approximate surface area is 125 Å². The van der Waals surface area contributed by atoms with E-state index in [9.17, 15) is 9.90 Å². The Kier molecular flexibility index (Phi) is 5.38. The van der Waals surface area contributed by atoms with Gasteiger partial charge < -0.3 is 14.8 Å². The number of amides is 1. The quantitative estimate of drug-likeness (QED) is 0.851. The molecule has 0 saturated carbocycles. The van der Waals surface area contributed by atoms with E-state index in [1.54, 1.807) is 12.1 Å². The Hall–Kier alpha value is -1.59. The summed E-state index contributed by atoms with van der Waals surface area (Å²) < 4.78 is 6.07. The maximum absolute atomic E-state index is 11.7. The normalized spacial score (nSPS) is 12.1. The highest BCUT2D eigenvalue weighted by atomic mass is 79.9. The van der Waals surface area contributed by atoms with Crippen molar-refractivity contribution in [2.45, 2.75) is 18.9 Å². The summed E-state index contributed by atoms with van der Waals surface area (Å²) in [6, 6.07) is 11.2. The molecule has 1 heterocycles. The molecule has 0 radical (unpaired) electrons. The molecule has 0 aliphatic rings. The van der Waals surface area contributed by atoms with Crippen molar-refractivity contribution < 1.29 is 14.3 Å². The van der Waals surface area contributed by atoms with E-state index in [1.165, 1.54) is 6.26 Å². The van der Waals surface area contributed by atoms with Crippen LogP contribution in [-0.4, -0.2) is 17.6 Å². The van der Waals surface area contributed by atoms with Crippen molar-refractivity contribution in [3.8, 4) is 0 Å². The smallest absolute Gasteiger partial charge is 0.220 e. The predicted molar refractivity (Wildman–Crippen MR) is 79.1 cm³/mol. The number of hydrogen-bond acceptors (Lipinski definition) is 3. The number of nitrogens with one attached hydrogen (secondary N) is 1. The second-order valence-electron chi connectivity index (χ2n) is 4.43. The van der Waals surface area contributed by atoms with Crippen LogP contribution >= 0.6 is 15.9 Å². The van der Waals surface area contributed by atoms with Gasteiger partial charge in [0.05, 0.1) is 12.8 Å². The number of aliphatic hydroxyl groups is 1. The minimum atomic E-state index is -0.808. The molecule has 1 aromatic heterocycles. The van der Waals surface area contributed by atoms with Crippen LogP contribution in [0.15, 0.2) is 51.6 Å². The summed E-state index contributed by atoms with van der Waals surface area (Å²) >= 11 is 3.45. The molecule has 5 heteroatoms. The van der Waals surface area contributed by atoms with Crippen molar-refractivity contribution in [1.82, 2.24) is 5.32 Å². The third-order valence-corrected chi connectivity index (χ3v) is 3.72. The Morgan fingerprint density at radius 1 is 1.30 bits per heavy atom. The van der Waals surface area contributed by atoms with Crippen LogP contribution < -0.4 is 5.32 Å². The van der Waals surface area contributed by atoms with Crippen molar-refractivity contribution in [3.63, 3.8) is 0 Å². The number of rotatable bonds is 6. The van der Waals surface area contributed by atoms with Crippen molar-refractivity contribution in [1.29, 1.82) is 0 Å². The number of hydrogen-bond donors (Lipinski definition) is 2. The van der Waals surface area contributed by atoms with E-state index in [2.05, 4.69) is 21.2 Å². The molecule has 0 spiro atoms. The van der Waals surface area contributed by atoms with Gasteiger partial charge in [-0.1, -0.05) is 34.1 Å². The average Bonchev–Trinajstić information content (AvgIpc) is 2.98. The third-order valence-electron chi connectivity index (χ3n) is 2.94. The molecule has 0 bridgehead atoms. The summed E-state index contributed by atoms with van der Waals surface area (Å²) in [6.07, 6.45) is 1.72. The zero-order valence-corrected chi connectivity index (χ0v) is 12.5. The molecule has 2 rings (SSSR count). The highest BCUT2D eigenvalue weighted by molar-refractivity contribution is 9.10. The highest BCUT2D eigenvalue weighted by Gasteiger charge is 2.12. The van der Waals surface area contributed by atoms with E-state index >= 15 is 0 Å². The van der Waals surface area contributed by atoms with E-state index in [0.29, 0.717) is 18.6 Å². The molecule has 1 atom stereocenters. The predicted octanol–water partition coefficient (Wildman–Crippen LogP) is 2.82. The van der Waals surface area contributed by atoms with E-state index in [1.807, 2.05) is 24.3 Å². The van der Waals surface area contributed by atoms with Gasteiger partial charge in [0.2, 0.25) is 5.91 Å². The molecule has 4 nitrogen and oxygen atoms in total. The molecule has 20 heavy (non-hydrogen) atoms. The molecule has 0 saturated heterocycles. The van der Waals surface area contributed by atoms with Gasteiger partial charge in [-0.05, 0) is 30.2 Å². The molecular weight excluding hydrogens is 322 g/mol. The van der Waals surface area contributed by atoms with Crippen LogP contribution in [0.4, 0.5) is 0 Å². The first-order valence-corrected chi connectivity index (χ1v) is 7.17. The van der Waals surface area contributed by atoms with E-state index < -0.39 is 6.10 Å². The van der Waals surface area contributed by atoms with Gasteiger partial charge in [0.15, 0.2) is 0 Å². The lowest BCUT2D eigenvalue weighted by molar-refractivity contribution is -0.121. The number of aryl methyl sites for hydroxylation is 1. The Balaban J connectivity index is 1.75. The first kappa shape index (κ1) is 14.8. The summed E-state index contributed by atoms with van der Waals surface area (Å²) in [5, 5.41) is 12.5. The topological polar surface area (TPSA) is 62.5 Å². The summed E-state index contributed by atoms with van der Waals surface area (Å²) in [4.78, 5) is 11.7. The molecule has 1 unspecified atom stereocenters. The number of carbonyl (C=O) groups is 1. The molecule has 0 aliphatic heterocycles. The SMILES string of the molecule is O=C(CCc1ccccc1Br)NCC(O)c1ccco1. The zero-order chi connectivity index (χ0) is 14.4. The minimum absolute atomic E-state index is 0.0913. The van der Waals surface area contributed by atoms with Gasteiger partial charge in [0.1, 0.15) is 11.9 Å². The van der Waals surface area contributed by atoms with Crippen LogP contribution in [0.25, 0.3) is 0 Å². The second kappa shape index (κ2) is 7.26. The standard InChI is InChI=1S/C15H16BrNO3/c16-12-5-2-1-4-11(12)7-8-15(19)17-10-13(18)14-6-3-9-20-14/h1-6,9,13,18H,7-8,10H2,(H,17,19). The van der Waals surface area contributed by atoms with Gasteiger partial charge in [-0.2, -0.15) is 0 Å². The molecule has 1 aromatic carbocycles. The van der Waals surface area contributed by atoms with Gasteiger partial charge in [-0.25, -0.2) is 0 Å². The molecule has 2 N–H and O–H groups in total. The van der Waals surface area contributed by atoms with Crippen molar-refractivity contribution in [2.75, 3.05) is 6.54 Å². The first-order valence-electron chi connectivity index (χ1n) is 6.38. The van der Waals surface area contributed by atoms with E-state index in [0.717, 1.165) is 10.0 Å². The van der Waals surface area contributed by atoms with Crippen LogP contribution in [0, 0.1) is 0 Å². The largest absolute Gasteiger partial charge is 0.467 e. The number of carbonyl (C=O) groups excluding carboxylic acids is 1. The number of furan rings is 1. The maximum atomic E-state index is 11.7. The van der Waals surface area contributed by atoms with Crippen LogP contribution in [0.5, 0.6) is 0 Å². The van der Waals surface area contributed by atoms with Gasteiger partial charge in [-0.15, -0.1) is 0 Å². The van der Waals surface area contributed by atoms with Gasteiger partial charge in [0, 0.05) is 10.9 Å². The fraction of sp³-hybridized carbons (Fsp3) is 0.267. The molecule has 0 fully saturated rings. The van der Waals surface area contributed by atoms with E-state index in [-0.39, 0.29) is 12.5 Å². The molecular formula is C15H16BrNO3. The minimum Gasteiger partial charge on any atom is -0.467 e. The Morgan fingerprint density at radius 2 is 2.10 bits per heavy atom. The lowest BCUT2D eigenvalue weighted by atomic mass is 10.1. The highest BCUT2D eigenvalue weighted by Crippen LogP contribution is 2.17. The number of aliphatic hydroxyl groups excluding tert-OH is 1. The fourth-order valence-electron chi connectivity index (χ4n) is 1.83. The Bertz CT molecular complexity index is 554. The van der Waals surface area contributed by atoms with E-state index in [4.69, 9.17) is 4.42 Å². The summed E-state index contributed by atoms with van der Waals surface area (Å²) in [6.45, 7) is 0.155. The number of halogens is 1. The second-order valence-corrected chi connectivity index (χ2v) is 5.28. The fourth-order valence-corrected chi connectivity index (χ4v) is 2.31. The lowest BCUT2D eigenvalue weighted by Gasteiger charge is -2.10. The number of benzene rings is 1. The van der Waals surface area contributed by atoms with Crippen molar-refractivity contribution in [2.24, 2.45) is 0 Å². The molecule has 2 aromatic rings. The average molecular weight is 338 g/mol. The molecule has 0 aliphatic carbocycles. The van der Waals surface area contributed by atoms with Gasteiger partial charge in [-0.3, -0.25) is 4.79 Å². The van der Waals surface area contributed by atoms with Crippen LogP contribution in [0.1, 0.15) is 23.8 Å². The van der Waals surface area contributed by atoms with Gasteiger partial charge >= 0.3 is 0 Å². The third kappa shape index (κ3) is 4.21. The lowest BCUT2D eigenvalue weighted by Crippen LogP contribution is -2.28. The molecule has 106 valence electrons. The summed E-state index contributed by atoms with van der Waals surface area (Å²) in [5.41, 5.74) is 1.09. The first-order chi connectivity index (χ1) is 9.66. The van der Waals surface area contributed by atoms with Crippen LogP contribution in [0.2, 0.25) is 0 Å². The zero-order valence-electron chi connectivity index (χ0n) is 10.9. The van der Waals surface area contributed by atoms with Gasteiger partial charge in [0.25, 0.3) is 0 Å². The summed E-state index contributed by atoms with van der Waals surface area (Å²) in [5.74, 6) is 0.363. The van der Waals surface area contributed by atoms with Crippen molar-refractivity contribution in [3.05, 3.63) is 58.5 Å². The van der Waals surface area contributed by atoms with Crippen molar-refractivity contribution >= 4 is 21.8 Å². The molecule has 1 amide bonds. The van der Waals surface area contributed by atoms with Crippen LogP contribution in [-0.2, 0) is 11.2 Å².